The molecular formula is C17H22O10. The molecule has 0 bridgehead atoms. The second kappa shape index (κ2) is 9.02. The van der Waals surface area contributed by atoms with Crippen LogP contribution in [0.1, 0.15) is 5.56 Å². The summed E-state index contributed by atoms with van der Waals surface area (Å²) in [6.07, 6.45) is -5.03. The minimum absolute atomic E-state index is 0.0248. The van der Waals surface area contributed by atoms with Crippen LogP contribution in [0, 0.1) is 0 Å². The highest BCUT2D eigenvalue weighted by Gasteiger charge is 2.45. The number of benzene rings is 1. The van der Waals surface area contributed by atoms with E-state index in [-0.39, 0.29) is 17.2 Å². The highest BCUT2D eigenvalue weighted by atomic mass is 16.7. The van der Waals surface area contributed by atoms with Gasteiger partial charge >= 0.3 is 5.97 Å². The van der Waals surface area contributed by atoms with Crippen LogP contribution in [-0.4, -0.2) is 83.0 Å². The molecule has 0 amide bonds. The van der Waals surface area contributed by atoms with Gasteiger partial charge in [0.1, 0.15) is 24.4 Å². The van der Waals surface area contributed by atoms with E-state index in [4.69, 9.17) is 24.1 Å². The van der Waals surface area contributed by atoms with Crippen LogP contribution in [0.5, 0.6) is 17.2 Å². The van der Waals surface area contributed by atoms with E-state index in [1.807, 2.05) is 0 Å². The molecule has 5 N–H and O–H groups in total. The number of hydrogen-bond acceptors (Lipinski definition) is 9. The van der Waals surface area contributed by atoms with Crippen LogP contribution in [0.2, 0.25) is 0 Å². The Hall–Kier alpha value is -2.37. The maximum atomic E-state index is 10.7. The lowest BCUT2D eigenvalue weighted by molar-refractivity contribution is -0.277. The number of methoxy groups -OCH3 is 2. The number of carboxylic acid groups (broad SMARTS) is 1. The molecule has 1 aromatic carbocycles. The molecule has 1 aliphatic rings. The number of carboxylic acids is 1. The first kappa shape index (κ1) is 20.9. The van der Waals surface area contributed by atoms with E-state index in [2.05, 4.69) is 0 Å². The molecule has 1 heterocycles. The molecule has 150 valence electrons. The van der Waals surface area contributed by atoms with Gasteiger partial charge in [0.15, 0.2) is 11.5 Å². The van der Waals surface area contributed by atoms with Gasteiger partial charge in [-0.15, -0.1) is 0 Å². The Kier molecular flexibility index (Phi) is 6.99. The molecule has 0 aliphatic carbocycles. The Balaban J connectivity index is 2.35. The molecule has 1 aromatic rings. The molecule has 0 spiro atoms. The summed E-state index contributed by atoms with van der Waals surface area (Å²) in [7, 11) is 2.69. The van der Waals surface area contributed by atoms with E-state index in [0.29, 0.717) is 5.56 Å². The summed E-state index contributed by atoms with van der Waals surface area (Å²) in [5, 5.41) is 47.8. The average molecular weight is 386 g/mol. The van der Waals surface area contributed by atoms with Crippen molar-refractivity contribution in [3.63, 3.8) is 0 Å². The summed E-state index contributed by atoms with van der Waals surface area (Å²) < 4.78 is 21.4. The molecular weight excluding hydrogens is 364 g/mol. The number of aliphatic hydroxyl groups excluding tert-OH is 4. The summed E-state index contributed by atoms with van der Waals surface area (Å²) in [6.45, 7) is -0.599. The lowest BCUT2D eigenvalue weighted by Gasteiger charge is -2.39. The Morgan fingerprint density at radius 3 is 2.19 bits per heavy atom. The molecule has 1 aliphatic heterocycles. The van der Waals surface area contributed by atoms with E-state index in [0.717, 1.165) is 6.08 Å². The third-order valence-corrected chi connectivity index (χ3v) is 3.98. The Morgan fingerprint density at radius 2 is 1.70 bits per heavy atom. The minimum atomic E-state index is -1.61. The number of hydrogen-bond donors (Lipinski definition) is 5. The van der Waals surface area contributed by atoms with Crippen LogP contribution in [0.3, 0.4) is 0 Å². The molecule has 0 saturated carbocycles. The fourth-order valence-corrected chi connectivity index (χ4v) is 2.56. The van der Waals surface area contributed by atoms with E-state index in [9.17, 15) is 25.2 Å². The third-order valence-electron chi connectivity index (χ3n) is 3.98. The van der Waals surface area contributed by atoms with Crippen LogP contribution < -0.4 is 14.2 Å². The molecule has 0 unspecified atom stereocenters. The predicted octanol–water partition coefficient (Wildman–Crippen LogP) is -1.02. The van der Waals surface area contributed by atoms with E-state index < -0.39 is 43.3 Å². The van der Waals surface area contributed by atoms with E-state index in [1.165, 1.54) is 32.4 Å². The van der Waals surface area contributed by atoms with Gasteiger partial charge in [-0.2, -0.15) is 0 Å². The standard InChI is InChI=1S/C17H22O10/c1-24-9-5-8(3-4-12(19)20)6-10(25-2)16(9)27-17-15(23)14(22)13(21)11(7-18)26-17/h3-6,11,13-15,17-18,21-23H,7H2,1-2H3,(H,19,20)/b4-3+/t11-,13+,14+,15-,17+/m1/s1. The summed E-state index contributed by atoms with van der Waals surface area (Å²) in [5.41, 5.74) is 0.451. The molecule has 0 aromatic heterocycles. The van der Waals surface area contributed by atoms with Crippen molar-refractivity contribution in [2.75, 3.05) is 20.8 Å². The predicted molar refractivity (Wildman–Crippen MR) is 90.6 cm³/mol. The van der Waals surface area contributed by atoms with Crippen LogP contribution in [0.15, 0.2) is 18.2 Å². The second-order valence-corrected chi connectivity index (χ2v) is 5.74. The number of aliphatic carboxylic acids is 1. The van der Waals surface area contributed by atoms with Gasteiger partial charge in [-0.25, -0.2) is 4.79 Å². The van der Waals surface area contributed by atoms with Crippen LogP contribution in [-0.2, 0) is 9.53 Å². The highest BCUT2D eigenvalue weighted by molar-refractivity contribution is 5.85. The van der Waals surface area contributed by atoms with Crippen molar-refractivity contribution in [1.82, 2.24) is 0 Å². The monoisotopic (exact) mass is 386 g/mol. The van der Waals surface area contributed by atoms with Gasteiger partial charge in [0.2, 0.25) is 12.0 Å². The zero-order valence-corrected chi connectivity index (χ0v) is 14.7. The summed E-state index contributed by atoms with van der Waals surface area (Å²) >= 11 is 0. The maximum Gasteiger partial charge on any atom is 0.328 e. The molecule has 10 nitrogen and oxygen atoms in total. The SMILES string of the molecule is COc1cc(/C=C/C(=O)O)cc(OC)c1O[C@@H]1O[C@H](CO)[C@H](O)[C@H](O)[C@H]1O. The lowest BCUT2D eigenvalue weighted by atomic mass is 9.99. The molecule has 10 heteroatoms. The van der Waals surface area contributed by atoms with Crippen molar-refractivity contribution in [2.24, 2.45) is 0 Å². The van der Waals surface area contributed by atoms with Gasteiger partial charge in [-0.05, 0) is 23.8 Å². The smallest absolute Gasteiger partial charge is 0.328 e. The quantitative estimate of drug-likeness (QED) is 0.368. The fourth-order valence-electron chi connectivity index (χ4n) is 2.56. The van der Waals surface area contributed by atoms with Crippen LogP contribution in [0.25, 0.3) is 6.08 Å². The Labute approximate surface area is 154 Å². The Bertz CT molecular complexity index is 661. The number of carbonyl (C=O) groups is 1. The largest absolute Gasteiger partial charge is 0.493 e. The highest BCUT2D eigenvalue weighted by Crippen LogP contribution is 2.40. The van der Waals surface area contributed by atoms with Crippen LogP contribution >= 0.6 is 0 Å². The minimum Gasteiger partial charge on any atom is -0.493 e. The first-order chi connectivity index (χ1) is 12.8. The average Bonchev–Trinajstić information content (AvgIpc) is 2.66. The molecule has 1 fully saturated rings. The third kappa shape index (κ3) is 4.67. The van der Waals surface area contributed by atoms with Crippen molar-refractivity contribution in [3.05, 3.63) is 23.8 Å². The molecule has 27 heavy (non-hydrogen) atoms. The van der Waals surface area contributed by atoms with E-state index in [1.54, 1.807) is 0 Å². The zero-order chi connectivity index (χ0) is 20.1. The first-order valence-electron chi connectivity index (χ1n) is 7.96. The first-order valence-corrected chi connectivity index (χ1v) is 7.96. The molecule has 0 radical (unpaired) electrons. The van der Waals surface area contributed by atoms with Crippen molar-refractivity contribution >= 4 is 12.0 Å². The van der Waals surface area contributed by atoms with Gasteiger partial charge in [0, 0.05) is 6.08 Å². The number of aliphatic hydroxyl groups is 4. The Morgan fingerprint density at radius 1 is 1.11 bits per heavy atom. The van der Waals surface area contributed by atoms with Gasteiger partial charge in [-0.3, -0.25) is 0 Å². The van der Waals surface area contributed by atoms with Crippen molar-refractivity contribution in [2.45, 2.75) is 30.7 Å². The summed E-state index contributed by atoms with van der Waals surface area (Å²) in [6, 6.07) is 2.95. The van der Waals surface area contributed by atoms with Crippen molar-refractivity contribution in [1.29, 1.82) is 0 Å². The second-order valence-electron chi connectivity index (χ2n) is 5.74. The molecule has 5 atom stereocenters. The topological polar surface area (TPSA) is 155 Å². The van der Waals surface area contributed by atoms with Crippen molar-refractivity contribution in [3.8, 4) is 17.2 Å². The van der Waals surface area contributed by atoms with E-state index >= 15 is 0 Å². The fraction of sp³-hybridized carbons (Fsp3) is 0.471. The van der Waals surface area contributed by atoms with Crippen LogP contribution in [0.4, 0.5) is 0 Å². The maximum absolute atomic E-state index is 10.7. The normalized spacial score (nSPS) is 28.1. The number of rotatable bonds is 7. The molecule has 1 saturated heterocycles. The van der Waals surface area contributed by atoms with Gasteiger partial charge in [-0.1, -0.05) is 0 Å². The van der Waals surface area contributed by atoms with Gasteiger partial charge in [0.25, 0.3) is 0 Å². The van der Waals surface area contributed by atoms with Crippen molar-refractivity contribution < 1.29 is 49.3 Å². The van der Waals surface area contributed by atoms with Gasteiger partial charge < -0.3 is 44.5 Å². The van der Waals surface area contributed by atoms with Gasteiger partial charge in [0.05, 0.1) is 20.8 Å². The lowest BCUT2D eigenvalue weighted by Crippen LogP contribution is -2.60. The summed E-state index contributed by atoms with van der Waals surface area (Å²) in [5.74, 6) is -0.806. The summed E-state index contributed by atoms with van der Waals surface area (Å²) in [4.78, 5) is 10.7. The zero-order valence-electron chi connectivity index (χ0n) is 14.7. The number of ether oxygens (including phenoxy) is 4. The molecule has 2 rings (SSSR count).